The van der Waals surface area contributed by atoms with Crippen molar-refractivity contribution in [3.63, 3.8) is 0 Å². The second kappa shape index (κ2) is 4.65. The first kappa shape index (κ1) is 11.1. The maximum absolute atomic E-state index is 11.8. The Morgan fingerprint density at radius 3 is 2.76 bits per heavy atom. The van der Waals surface area contributed by atoms with E-state index in [-0.39, 0.29) is 5.91 Å². The van der Waals surface area contributed by atoms with E-state index in [1.807, 2.05) is 12.1 Å². The normalized spacial score (nSPS) is 10.2. The zero-order valence-corrected chi connectivity index (χ0v) is 9.42. The first-order valence-corrected chi connectivity index (χ1v) is 5.13. The van der Waals surface area contributed by atoms with Crippen LogP contribution in [0.15, 0.2) is 30.7 Å². The molecule has 0 radical (unpaired) electrons. The number of aryl methyl sites for hydroxylation is 1. The quantitative estimate of drug-likeness (QED) is 0.797. The van der Waals surface area contributed by atoms with Gasteiger partial charge in [0.15, 0.2) is 0 Å². The van der Waals surface area contributed by atoms with Gasteiger partial charge in [-0.05, 0) is 17.7 Å². The first-order valence-electron chi connectivity index (χ1n) is 5.13. The molecular formula is C11H13N5O. The molecule has 0 aromatic carbocycles. The van der Waals surface area contributed by atoms with Crippen molar-refractivity contribution in [3.05, 3.63) is 41.9 Å². The van der Waals surface area contributed by atoms with E-state index >= 15 is 0 Å². The van der Waals surface area contributed by atoms with Crippen LogP contribution >= 0.6 is 0 Å². The Bertz CT molecular complexity index is 520. The number of hydrogen-bond acceptors (Lipinski definition) is 4. The minimum atomic E-state index is -0.229. The van der Waals surface area contributed by atoms with E-state index in [0.29, 0.717) is 17.9 Å². The molecule has 2 heterocycles. The molecule has 0 aliphatic heterocycles. The predicted octanol–water partition coefficient (Wildman–Crippen LogP) is 0.327. The Morgan fingerprint density at radius 2 is 2.18 bits per heavy atom. The lowest BCUT2D eigenvalue weighted by Gasteiger charge is -2.04. The van der Waals surface area contributed by atoms with E-state index in [0.717, 1.165) is 5.56 Å². The zero-order valence-electron chi connectivity index (χ0n) is 9.42. The lowest BCUT2D eigenvalue weighted by Crippen LogP contribution is -2.23. The Kier molecular flexibility index (Phi) is 3.04. The number of nitrogens with two attached hydrogens (primary N) is 1. The number of nitrogens with one attached hydrogen (secondary N) is 1. The second-order valence-corrected chi connectivity index (χ2v) is 3.61. The van der Waals surface area contributed by atoms with Crippen LogP contribution in [0, 0.1) is 0 Å². The summed E-state index contributed by atoms with van der Waals surface area (Å²) in [5, 5.41) is 6.68. The number of carbonyl (C=O) groups is 1. The summed E-state index contributed by atoms with van der Waals surface area (Å²) in [5.41, 5.74) is 7.07. The molecule has 0 fully saturated rings. The van der Waals surface area contributed by atoms with Crippen LogP contribution in [0.1, 0.15) is 15.9 Å². The van der Waals surface area contributed by atoms with E-state index in [2.05, 4.69) is 15.4 Å². The predicted molar refractivity (Wildman–Crippen MR) is 63.0 cm³/mol. The molecule has 6 nitrogen and oxygen atoms in total. The zero-order chi connectivity index (χ0) is 12.3. The van der Waals surface area contributed by atoms with Gasteiger partial charge >= 0.3 is 0 Å². The lowest BCUT2D eigenvalue weighted by atomic mass is 10.2. The number of hydrogen-bond donors (Lipinski definition) is 2. The fraction of sp³-hybridized carbons (Fsp3) is 0.182. The molecule has 2 rings (SSSR count). The molecule has 0 spiro atoms. The highest BCUT2D eigenvalue weighted by Gasteiger charge is 2.12. The molecule has 2 aromatic rings. The Morgan fingerprint density at radius 1 is 1.47 bits per heavy atom. The summed E-state index contributed by atoms with van der Waals surface area (Å²) in [4.78, 5) is 15.7. The van der Waals surface area contributed by atoms with Crippen LogP contribution in [0.5, 0.6) is 0 Å². The number of nitrogens with zero attached hydrogens (tertiary/aromatic N) is 3. The third kappa shape index (κ3) is 2.41. The highest BCUT2D eigenvalue weighted by atomic mass is 16.1. The van der Waals surface area contributed by atoms with Gasteiger partial charge in [0.1, 0.15) is 11.4 Å². The maximum Gasteiger partial charge on any atom is 0.256 e. The highest BCUT2D eigenvalue weighted by Crippen LogP contribution is 2.09. The summed E-state index contributed by atoms with van der Waals surface area (Å²) in [5.74, 6) is 0.129. The summed E-state index contributed by atoms with van der Waals surface area (Å²) >= 11 is 0. The minimum absolute atomic E-state index is 0.229. The fourth-order valence-electron chi connectivity index (χ4n) is 1.40. The third-order valence-corrected chi connectivity index (χ3v) is 2.43. The summed E-state index contributed by atoms with van der Waals surface area (Å²) in [6, 6.07) is 3.68. The monoisotopic (exact) mass is 231 g/mol. The van der Waals surface area contributed by atoms with Gasteiger partial charge in [-0.25, -0.2) is 0 Å². The van der Waals surface area contributed by atoms with Gasteiger partial charge in [0.05, 0.1) is 6.20 Å². The number of amides is 1. The molecule has 0 aliphatic carbocycles. The van der Waals surface area contributed by atoms with Gasteiger partial charge in [-0.2, -0.15) is 5.10 Å². The van der Waals surface area contributed by atoms with Crippen molar-refractivity contribution in [1.82, 2.24) is 20.1 Å². The smallest absolute Gasteiger partial charge is 0.256 e. The summed E-state index contributed by atoms with van der Waals surface area (Å²) in [6.45, 7) is 0.440. The molecule has 3 N–H and O–H groups in total. The van der Waals surface area contributed by atoms with Gasteiger partial charge in [-0.15, -0.1) is 0 Å². The molecule has 0 bridgehead atoms. The molecule has 0 atom stereocenters. The number of rotatable bonds is 3. The average Bonchev–Trinajstić information content (AvgIpc) is 2.69. The van der Waals surface area contributed by atoms with Gasteiger partial charge in [0.25, 0.3) is 5.91 Å². The number of pyridine rings is 1. The Balaban J connectivity index is 2.01. The Labute approximate surface area is 98.5 Å². The van der Waals surface area contributed by atoms with Crippen LogP contribution in [-0.4, -0.2) is 20.7 Å². The number of anilines is 1. The van der Waals surface area contributed by atoms with Crippen molar-refractivity contribution in [2.45, 2.75) is 6.54 Å². The molecular weight excluding hydrogens is 218 g/mol. The average molecular weight is 231 g/mol. The molecule has 1 amide bonds. The first-order chi connectivity index (χ1) is 8.18. The van der Waals surface area contributed by atoms with Gasteiger partial charge in [0, 0.05) is 26.0 Å². The third-order valence-electron chi connectivity index (χ3n) is 2.43. The fourth-order valence-corrected chi connectivity index (χ4v) is 1.40. The van der Waals surface area contributed by atoms with E-state index in [4.69, 9.17) is 5.73 Å². The highest BCUT2D eigenvalue weighted by molar-refractivity contribution is 5.98. The van der Waals surface area contributed by atoms with Crippen LogP contribution in [0.4, 0.5) is 5.82 Å². The van der Waals surface area contributed by atoms with E-state index in [9.17, 15) is 4.79 Å². The van der Waals surface area contributed by atoms with Crippen molar-refractivity contribution in [2.24, 2.45) is 7.05 Å². The van der Waals surface area contributed by atoms with Crippen LogP contribution in [0.25, 0.3) is 0 Å². The van der Waals surface area contributed by atoms with Crippen molar-refractivity contribution in [2.75, 3.05) is 5.73 Å². The number of carbonyl (C=O) groups excluding carboxylic acids is 1. The van der Waals surface area contributed by atoms with Crippen molar-refractivity contribution in [1.29, 1.82) is 0 Å². The second-order valence-electron chi connectivity index (χ2n) is 3.61. The molecule has 6 heteroatoms. The summed E-state index contributed by atoms with van der Waals surface area (Å²) in [6.07, 6.45) is 4.82. The van der Waals surface area contributed by atoms with Crippen molar-refractivity contribution in [3.8, 4) is 0 Å². The van der Waals surface area contributed by atoms with Crippen LogP contribution < -0.4 is 11.1 Å². The Hall–Kier alpha value is -2.37. The molecule has 0 saturated carbocycles. The van der Waals surface area contributed by atoms with E-state index < -0.39 is 0 Å². The standard InChI is InChI=1S/C11H13N5O/c1-16-10(12)9(7-15-16)11(17)14-6-8-2-4-13-5-3-8/h2-5,7H,6,12H2,1H3,(H,14,17). The van der Waals surface area contributed by atoms with Crippen LogP contribution in [-0.2, 0) is 13.6 Å². The molecule has 0 aliphatic rings. The molecule has 0 unspecified atom stereocenters. The van der Waals surface area contributed by atoms with Gasteiger partial charge in [-0.1, -0.05) is 0 Å². The topological polar surface area (TPSA) is 85.8 Å². The molecule has 17 heavy (non-hydrogen) atoms. The lowest BCUT2D eigenvalue weighted by molar-refractivity contribution is 0.0952. The number of nitrogen functional groups attached to an aromatic ring is 1. The van der Waals surface area contributed by atoms with E-state index in [1.54, 1.807) is 19.4 Å². The summed E-state index contributed by atoms with van der Waals surface area (Å²) < 4.78 is 1.46. The number of aromatic nitrogens is 3. The SMILES string of the molecule is Cn1ncc(C(=O)NCc2ccncc2)c1N. The molecule has 88 valence electrons. The minimum Gasteiger partial charge on any atom is -0.383 e. The molecule has 2 aromatic heterocycles. The van der Waals surface area contributed by atoms with Crippen molar-refractivity contribution < 1.29 is 4.79 Å². The molecule has 0 saturated heterocycles. The van der Waals surface area contributed by atoms with Gasteiger partial charge < -0.3 is 11.1 Å². The largest absolute Gasteiger partial charge is 0.383 e. The van der Waals surface area contributed by atoms with Gasteiger partial charge in [-0.3, -0.25) is 14.5 Å². The van der Waals surface area contributed by atoms with Crippen LogP contribution in [0.3, 0.4) is 0 Å². The van der Waals surface area contributed by atoms with Crippen molar-refractivity contribution >= 4 is 11.7 Å². The maximum atomic E-state index is 11.8. The van der Waals surface area contributed by atoms with Gasteiger partial charge in [0.2, 0.25) is 0 Å². The summed E-state index contributed by atoms with van der Waals surface area (Å²) in [7, 11) is 1.69. The van der Waals surface area contributed by atoms with Crippen LogP contribution in [0.2, 0.25) is 0 Å². The van der Waals surface area contributed by atoms with E-state index in [1.165, 1.54) is 10.9 Å².